The molecule has 0 saturated heterocycles. The van der Waals surface area contributed by atoms with Crippen molar-refractivity contribution in [1.82, 2.24) is 165 Å². The number of hydrogen-bond donors (Lipinski definition) is 5. The van der Waals surface area contributed by atoms with Crippen LogP contribution < -0.4 is 0 Å². The molecular formula is C96H177N33O4S5. The fourth-order valence-corrected chi connectivity index (χ4v) is 5.42. The van der Waals surface area contributed by atoms with Crippen LogP contribution in [0.25, 0.3) is 0 Å². The van der Waals surface area contributed by atoms with E-state index in [0.29, 0.717) is 0 Å². The lowest BCUT2D eigenvalue weighted by Gasteiger charge is -1.70. The van der Waals surface area contributed by atoms with E-state index in [1.807, 2.05) is 364 Å². The van der Waals surface area contributed by atoms with Crippen molar-refractivity contribution in [3.8, 4) is 0 Å². The fraction of sp³-hybridized carbons (Fsp3) is 0.396. The topological polar surface area (TPSA) is 492 Å². The highest BCUT2D eigenvalue weighted by molar-refractivity contribution is 7.08. The van der Waals surface area contributed by atoms with Crippen molar-refractivity contribution in [2.75, 3.05) is 0 Å². The lowest BCUT2D eigenvalue weighted by molar-refractivity contribution is 0.416. The Morgan fingerprint density at radius 3 is 0.870 bits per heavy atom. The number of hydrogen-bond acceptors (Lipinski definition) is 37. The zero-order valence-corrected chi connectivity index (χ0v) is 94.3. The molecule has 0 unspecified atom stereocenters. The van der Waals surface area contributed by atoms with E-state index >= 15 is 0 Å². The minimum Gasteiger partial charge on any atom is -0.473 e. The first kappa shape index (κ1) is 170. The van der Waals surface area contributed by atoms with Crippen LogP contribution in [0.2, 0.25) is 0 Å². The van der Waals surface area contributed by atoms with Gasteiger partial charge < -0.3 is 27.8 Å². The number of rotatable bonds is 0. The molecule has 19 heterocycles. The van der Waals surface area contributed by atoms with Gasteiger partial charge in [-0.2, -0.15) is 65.4 Å². The molecule has 0 amide bonds. The third-order valence-corrected chi connectivity index (χ3v) is 9.77. The Balaban J connectivity index is -0.0000000625. The number of pyridine rings is 1. The van der Waals surface area contributed by atoms with Crippen LogP contribution in [0.4, 0.5) is 0 Å². The van der Waals surface area contributed by atoms with Crippen molar-refractivity contribution in [3.63, 3.8) is 0 Å². The predicted molar refractivity (Wildman–Crippen MR) is 586 cm³/mol. The van der Waals surface area contributed by atoms with Gasteiger partial charge >= 0.3 is 0 Å². The lowest BCUT2D eigenvalue weighted by atomic mass is 10.5. The molecule has 5 N–H and O–H groups in total. The molecule has 0 aromatic carbocycles. The molecule has 19 aromatic rings. The number of H-pyrrole nitrogens is 5. The first-order valence-corrected chi connectivity index (χ1v) is 50.5. The summed E-state index contributed by atoms with van der Waals surface area (Å²) < 4.78 is 28.6. The van der Waals surface area contributed by atoms with Crippen molar-refractivity contribution in [2.45, 2.75) is 263 Å². The molecule has 0 aliphatic heterocycles. The largest absolute Gasteiger partial charge is 0.473 e. The van der Waals surface area contributed by atoms with Gasteiger partial charge in [0.2, 0.25) is 6.39 Å². The maximum Gasteiger partial charge on any atom is 0.213 e. The summed E-state index contributed by atoms with van der Waals surface area (Å²) in [7, 11) is 0. The maximum absolute atomic E-state index is 4.58. The van der Waals surface area contributed by atoms with Crippen molar-refractivity contribution < 1.29 is 17.9 Å². The number of thiazole rings is 1. The molecule has 0 aliphatic rings. The summed E-state index contributed by atoms with van der Waals surface area (Å²) in [6.07, 6.45) is 58.9. The second kappa shape index (κ2) is 248. The van der Waals surface area contributed by atoms with Gasteiger partial charge in [-0.25, -0.2) is 54.8 Å². The number of oxazole rings is 1. The minimum absolute atomic E-state index is 1.21. The van der Waals surface area contributed by atoms with Crippen LogP contribution in [-0.4, -0.2) is 165 Å². The Bertz CT molecular complexity index is 2660. The highest BCUT2D eigenvalue weighted by Gasteiger charge is 1.69. The quantitative estimate of drug-likeness (QED) is 0.0941. The third-order valence-electron chi connectivity index (χ3n) is 7.32. The molecular weight excluding hydrogens is 1840 g/mol. The average molecular weight is 2020 g/mol. The van der Waals surface area contributed by atoms with E-state index in [2.05, 4.69) is 182 Å². The summed E-state index contributed by atoms with van der Waals surface area (Å²) in [6, 6.07) is 26.3. The average Bonchev–Trinajstić information content (AvgIpc) is 2.05. The SMILES string of the molecule is CC.CC.CC.CC.CC.CC.CC.CC.CC.CC.CC.CC.CC.CC.CC.CC.CC.CC.CC.c1c[nH]cn1.c1cc[nH]c1.c1ccncc1.c1ccnnc1.c1ccoc1.c1ccsc1.c1cn[nH]c1.c1cn[nH]n1.c1cncnc1.c1cnncn1.c1cnoc1.c1cnsn1.c1cocn1.c1cscn1.c1nc[nH]n1.c1ncncn1.c1ncon1.c1ncsn1.c1nncs1. The molecule has 780 valence electrons. The van der Waals surface area contributed by atoms with Crippen molar-refractivity contribution in [3.05, 3.63) is 354 Å². The van der Waals surface area contributed by atoms with Crippen LogP contribution in [0.15, 0.2) is 372 Å². The van der Waals surface area contributed by atoms with E-state index in [-0.39, 0.29) is 0 Å². The molecule has 37 nitrogen and oxygen atoms in total. The Hall–Kier alpha value is -13.8. The Labute approximate surface area is 851 Å². The number of aromatic nitrogens is 33. The van der Waals surface area contributed by atoms with E-state index in [1.54, 1.807) is 187 Å². The Kier molecular flexibility index (Phi) is 306. The van der Waals surface area contributed by atoms with Gasteiger partial charge in [-0.05, 0) is 89.0 Å². The van der Waals surface area contributed by atoms with Gasteiger partial charge in [-0.15, -0.1) is 38.0 Å². The summed E-state index contributed by atoms with van der Waals surface area (Å²) in [5.41, 5.74) is 6.83. The predicted octanol–water partition coefficient (Wildman–Crippen LogP) is 29.9. The highest BCUT2D eigenvalue weighted by Crippen LogP contribution is 1.92. The molecule has 0 fully saturated rings. The number of aromatic amines is 5. The highest BCUT2D eigenvalue weighted by atomic mass is 32.1. The first-order chi connectivity index (χ1) is 69.0. The van der Waals surface area contributed by atoms with Gasteiger partial charge in [0.25, 0.3) is 0 Å². The Morgan fingerprint density at radius 2 is 0.732 bits per heavy atom. The molecule has 42 heteroatoms. The summed E-state index contributed by atoms with van der Waals surface area (Å²) in [4.78, 5) is 52.6. The van der Waals surface area contributed by atoms with Gasteiger partial charge in [0, 0.05) is 92.1 Å². The molecule has 0 bridgehead atoms. The van der Waals surface area contributed by atoms with Gasteiger partial charge in [0.05, 0.1) is 79.5 Å². The molecule has 0 aliphatic carbocycles. The molecule has 0 atom stereocenters. The lowest BCUT2D eigenvalue weighted by Crippen LogP contribution is -1.75. The second-order valence-corrected chi connectivity index (χ2v) is 17.6. The van der Waals surface area contributed by atoms with E-state index in [4.69, 9.17) is 0 Å². The second-order valence-electron chi connectivity index (χ2n) is 14.1. The maximum atomic E-state index is 4.58. The van der Waals surface area contributed by atoms with Crippen LogP contribution >= 0.6 is 57.3 Å². The smallest absolute Gasteiger partial charge is 0.213 e. The van der Waals surface area contributed by atoms with Crippen LogP contribution in [0, 0.1) is 0 Å². The van der Waals surface area contributed by atoms with Crippen LogP contribution in [-0.2, 0) is 0 Å². The van der Waals surface area contributed by atoms with Gasteiger partial charge in [-0.1, -0.05) is 292 Å². The van der Waals surface area contributed by atoms with Gasteiger partial charge in [0.1, 0.15) is 79.7 Å². The van der Waals surface area contributed by atoms with Crippen molar-refractivity contribution >= 4 is 57.3 Å². The molecule has 19 rings (SSSR count). The first-order valence-electron chi connectivity index (χ1n) is 46.1. The fourth-order valence-electron chi connectivity index (χ4n) is 3.80. The summed E-state index contributed by atoms with van der Waals surface area (Å²) in [6.45, 7) is 76.0. The number of nitrogens with zero attached hydrogens (tertiary/aromatic N) is 28. The molecule has 0 saturated carbocycles. The van der Waals surface area contributed by atoms with Crippen LogP contribution in [0.5, 0.6) is 0 Å². The summed E-state index contributed by atoms with van der Waals surface area (Å²) >= 11 is 7.37. The summed E-state index contributed by atoms with van der Waals surface area (Å²) in [5, 5.41) is 55.1. The standard InChI is InChI=1S/C5H5N.2C4H4N2.C4H5N.C4H4O.C4H4S.2C3H3N3.2C3H4N2.2C3H3NO.C3H3NS.2C2H3N3.C2H2N2O.3C2H2N2S.19C2H6/c1-2-4-6-5-3-1;1-2-5-4-6-3-1;1-2-4-6-5-3-1;3*1-2-4-5-3-1;1-4-2-6-3-5-1;1-2-5-6-3-4-1;1-2-5-3-4-1;1-2-4-5-3-1;1-2-5-3-4-1;1-2-4-5-3-1;1-2-5-3-4-1;1-3-2-5-4-1;1-2-4-5-3-1;1-3-2-5-4-1;1-3-4-2-5-1;1-3-2-5-4-1;1-2-4-5-3-1;19*1-2/h1-5H;2*1-4H;1-5H;2*1-4H;2*1-3H;2*1-3H,(H,4,5);3*1-3H;2*1-2H,(H,3,4,5);4*1-2H;19*1-2H3. The van der Waals surface area contributed by atoms with E-state index in [9.17, 15) is 0 Å². The number of nitrogens with one attached hydrogen (secondary N) is 5. The van der Waals surface area contributed by atoms with Crippen LogP contribution in [0.1, 0.15) is 263 Å². The minimum atomic E-state index is 1.21. The van der Waals surface area contributed by atoms with E-state index < -0.39 is 0 Å². The van der Waals surface area contributed by atoms with E-state index in [1.165, 1.54) is 123 Å². The zero-order valence-electron chi connectivity index (χ0n) is 90.2. The monoisotopic (exact) mass is 2020 g/mol. The van der Waals surface area contributed by atoms with Gasteiger partial charge in [0.15, 0.2) is 12.7 Å². The number of thiophene rings is 1. The normalized spacial score (nSPS) is 6.62. The van der Waals surface area contributed by atoms with Crippen molar-refractivity contribution in [1.29, 1.82) is 0 Å². The molecule has 0 radical (unpaired) electrons. The number of imidazole rings is 1. The Morgan fingerprint density at radius 1 is 0.210 bits per heavy atom. The zero-order chi connectivity index (χ0) is 109. The third kappa shape index (κ3) is 242. The van der Waals surface area contributed by atoms with Gasteiger partial charge in [-0.3, -0.25) is 20.2 Å². The van der Waals surface area contributed by atoms with E-state index in [0.717, 1.165) is 0 Å². The molecule has 19 aromatic heterocycles. The summed E-state index contributed by atoms with van der Waals surface area (Å²) in [5.74, 6) is 0. The van der Waals surface area contributed by atoms with Crippen LogP contribution in [0.3, 0.4) is 0 Å². The van der Waals surface area contributed by atoms with Crippen molar-refractivity contribution in [2.24, 2.45) is 0 Å². The molecule has 138 heavy (non-hydrogen) atoms. The number of furan rings is 1. The molecule has 0 spiro atoms.